The summed E-state index contributed by atoms with van der Waals surface area (Å²) in [7, 11) is 0. The van der Waals surface area contributed by atoms with Gasteiger partial charge in [-0.15, -0.1) is 0 Å². The smallest absolute Gasteiger partial charge is 0.220 e. The lowest BCUT2D eigenvalue weighted by Gasteiger charge is -2.12. The van der Waals surface area contributed by atoms with Gasteiger partial charge in [0.15, 0.2) is 0 Å². The van der Waals surface area contributed by atoms with Crippen molar-refractivity contribution in [1.82, 2.24) is 5.32 Å². The summed E-state index contributed by atoms with van der Waals surface area (Å²) >= 11 is 0. The molecule has 1 aromatic rings. The third-order valence-electron chi connectivity index (χ3n) is 3.86. The van der Waals surface area contributed by atoms with Gasteiger partial charge in [-0.1, -0.05) is 30.5 Å². The zero-order valence-electron chi connectivity index (χ0n) is 12.6. The highest BCUT2D eigenvalue weighted by atomic mass is 16.5. The number of hydrogen-bond donors (Lipinski definition) is 1. The van der Waals surface area contributed by atoms with Crippen molar-refractivity contribution in [3.8, 4) is 5.75 Å². The molecule has 0 spiro atoms. The van der Waals surface area contributed by atoms with Crippen LogP contribution in [0.3, 0.4) is 0 Å². The van der Waals surface area contributed by atoms with Crippen molar-refractivity contribution in [2.75, 3.05) is 6.61 Å². The summed E-state index contributed by atoms with van der Waals surface area (Å²) in [6, 6.07) is 6.59. The summed E-state index contributed by atoms with van der Waals surface area (Å²) in [6.07, 6.45) is 6.12. The van der Waals surface area contributed by atoms with Crippen LogP contribution < -0.4 is 10.1 Å². The standard InChI is InChI=1S/C17H25NO2/c1-13-9-10-16(14(2)12-13)20-11-5-8-17(19)18-15-6-3-4-7-15/h9-10,12,15H,3-8,11H2,1-2H3,(H,18,19). The molecule has 0 heterocycles. The first-order chi connectivity index (χ1) is 9.65. The van der Waals surface area contributed by atoms with Crippen LogP contribution in [-0.4, -0.2) is 18.6 Å². The Labute approximate surface area is 121 Å². The molecule has 1 aliphatic rings. The number of ether oxygens (including phenoxy) is 1. The Morgan fingerprint density at radius 3 is 2.75 bits per heavy atom. The van der Waals surface area contributed by atoms with E-state index in [0.717, 1.165) is 30.6 Å². The minimum atomic E-state index is 0.168. The molecule has 1 amide bonds. The Balaban J connectivity index is 1.64. The van der Waals surface area contributed by atoms with Crippen LogP contribution in [0.5, 0.6) is 5.75 Å². The molecule has 1 fully saturated rings. The summed E-state index contributed by atoms with van der Waals surface area (Å²) in [4.78, 5) is 11.8. The van der Waals surface area contributed by atoms with Crippen LogP contribution in [0.25, 0.3) is 0 Å². The van der Waals surface area contributed by atoms with Crippen LogP contribution in [0.15, 0.2) is 18.2 Å². The Kier molecular flexibility index (Phi) is 5.45. The third kappa shape index (κ3) is 4.55. The molecule has 110 valence electrons. The SMILES string of the molecule is Cc1ccc(OCCCC(=O)NC2CCCC2)c(C)c1. The van der Waals surface area contributed by atoms with Crippen LogP contribution in [0.1, 0.15) is 49.7 Å². The van der Waals surface area contributed by atoms with Gasteiger partial charge < -0.3 is 10.1 Å². The molecule has 3 nitrogen and oxygen atoms in total. The van der Waals surface area contributed by atoms with Gasteiger partial charge in [-0.2, -0.15) is 0 Å². The number of carbonyl (C=O) groups excluding carboxylic acids is 1. The summed E-state index contributed by atoms with van der Waals surface area (Å²) in [5, 5.41) is 3.10. The Morgan fingerprint density at radius 2 is 2.05 bits per heavy atom. The minimum Gasteiger partial charge on any atom is -0.493 e. The number of nitrogens with one attached hydrogen (secondary N) is 1. The summed E-state index contributed by atoms with van der Waals surface area (Å²) in [6.45, 7) is 4.72. The van der Waals surface area contributed by atoms with Crippen LogP contribution in [0.2, 0.25) is 0 Å². The van der Waals surface area contributed by atoms with Gasteiger partial charge in [-0.05, 0) is 44.7 Å². The molecular weight excluding hydrogens is 250 g/mol. The maximum absolute atomic E-state index is 11.8. The second-order valence-electron chi connectivity index (χ2n) is 5.77. The van der Waals surface area contributed by atoms with Gasteiger partial charge in [0.05, 0.1) is 6.61 Å². The molecule has 1 N–H and O–H groups in total. The van der Waals surface area contributed by atoms with Crippen molar-refractivity contribution in [3.05, 3.63) is 29.3 Å². The highest BCUT2D eigenvalue weighted by Gasteiger charge is 2.16. The first kappa shape index (κ1) is 14.9. The topological polar surface area (TPSA) is 38.3 Å². The van der Waals surface area contributed by atoms with Crippen LogP contribution in [0, 0.1) is 13.8 Å². The highest BCUT2D eigenvalue weighted by molar-refractivity contribution is 5.76. The van der Waals surface area contributed by atoms with Crippen molar-refractivity contribution in [2.45, 2.75) is 58.4 Å². The highest BCUT2D eigenvalue weighted by Crippen LogP contribution is 2.19. The molecule has 2 rings (SSSR count). The maximum Gasteiger partial charge on any atom is 0.220 e. The number of rotatable bonds is 6. The average molecular weight is 275 g/mol. The normalized spacial score (nSPS) is 15.3. The van der Waals surface area contributed by atoms with E-state index in [4.69, 9.17) is 4.74 Å². The lowest BCUT2D eigenvalue weighted by molar-refractivity contribution is -0.122. The van der Waals surface area contributed by atoms with Crippen molar-refractivity contribution in [1.29, 1.82) is 0 Å². The molecule has 0 radical (unpaired) electrons. The molecule has 0 aromatic heterocycles. The van der Waals surface area contributed by atoms with E-state index >= 15 is 0 Å². The minimum absolute atomic E-state index is 0.168. The molecule has 20 heavy (non-hydrogen) atoms. The second-order valence-corrected chi connectivity index (χ2v) is 5.77. The summed E-state index contributed by atoms with van der Waals surface area (Å²) in [5.41, 5.74) is 2.39. The van der Waals surface area contributed by atoms with Crippen molar-refractivity contribution in [3.63, 3.8) is 0 Å². The molecule has 0 saturated heterocycles. The van der Waals surface area contributed by atoms with Gasteiger partial charge in [0, 0.05) is 12.5 Å². The van der Waals surface area contributed by atoms with Gasteiger partial charge in [-0.3, -0.25) is 4.79 Å². The molecular formula is C17H25NO2. The first-order valence-electron chi connectivity index (χ1n) is 7.64. The zero-order chi connectivity index (χ0) is 14.4. The van der Waals surface area contributed by atoms with Crippen LogP contribution >= 0.6 is 0 Å². The first-order valence-corrected chi connectivity index (χ1v) is 7.64. The van der Waals surface area contributed by atoms with Crippen molar-refractivity contribution < 1.29 is 9.53 Å². The van der Waals surface area contributed by atoms with E-state index in [0.29, 0.717) is 19.1 Å². The summed E-state index contributed by atoms with van der Waals surface area (Å²) in [5.74, 6) is 1.09. The van der Waals surface area contributed by atoms with E-state index < -0.39 is 0 Å². The number of hydrogen-bond acceptors (Lipinski definition) is 2. The second kappa shape index (κ2) is 7.32. The average Bonchev–Trinajstić information content (AvgIpc) is 2.89. The quantitative estimate of drug-likeness (QED) is 0.807. The molecule has 3 heteroatoms. The fourth-order valence-electron chi connectivity index (χ4n) is 2.75. The molecule has 1 saturated carbocycles. The predicted molar refractivity (Wildman–Crippen MR) is 81.0 cm³/mol. The van der Waals surface area contributed by atoms with Crippen LogP contribution in [0.4, 0.5) is 0 Å². The number of aryl methyl sites for hydroxylation is 2. The molecule has 0 aliphatic heterocycles. The zero-order valence-corrected chi connectivity index (χ0v) is 12.6. The fourth-order valence-corrected chi connectivity index (χ4v) is 2.75. The van der Waals surface area contributed by atoms with E-state index in [1.54, 1.807) is 0 Å². The van der Waals surface area contributed by atoms with Gasteiger partial charge in [0.2, 0.25) is 5.91 Å². The lowest BCUT2D eigenvalue weighted by Crippen LogP contribution is -2.32. The lowest BCUT2D eigenvalue weighted by atomic mass is 10.1. The van der Waals surface area contributed by atoms with E-state index in [1.165, 1.54) is 18.4 Å². The third-order valence-corrected chi connectivity index (χ3v) is 3.86. The van der Waals surface area contributed by atoms with Crippen LogP contribution in [-0.2, 0) is 4.79 Å². The molecule has 1 aliphatic carbocycles. The van der Waals surface area contributed by atoms with Gasteiger partial charge in [0.1, 0.15) is 5.75 Å². The van der Waals surface area contributed by atoms with E-state index in [-0.39, 0.29) is 5.91 Å². The number of benzene rings is 1. The van der Waals surface area contributed by atoms with Gasteiger partial charge >= 0.3 is 0 Å². The molecule has 0 unspecified atom stereocenters. The summed E-state index contributed by atoms with van der Waals surface area (Å²) < 4.78 is 5.73. The van der Waals surface area contributed by atoms with E-state index in [9.17, 15) is 4.79 Å². The van der Waals surface area contributed by atoms with E-state index in [2.05, 4.69) is 31.3 Å². The Morgan fingerprint density at radius 1 is 1.30 bits per heavy atom. The number of carbonyl (C=O) groups is 1. The molecule has 0 atom stereocenters. The maximum atomic E-state index is 11.8. The molecule has 0 bridgehead atoms. The molecule has 1 aromatic carbocycles. The van der Waals surface area contributed by atoms with Crippen molar-refractivity contribution in [2.24, 2.45) is 0 Å². The number of amides is 1. The largest absolute Gasteiger partial charge is 0.493 e. The monoisotopic (exact) mass is 275 g/mol. The fraction of sp³-hybridized carbons (Fsp3) is 0.588. The predicted octanol–water partition coefficient (Wildman–Crippen LogP) is 3.52. The van der Waals surface area contributed by atoms with Gasteiger partial charge in [-0.25, -0.2) is 0 Å². The van der Waals surface area contributed by atoms with Crippen molar-refractivity contribution >= 4 is 5.91 Å². The Bertz CT molecular complexity index is 450. The Hall–Kier alpha value is -1.51. The van der Waals surface area contributed by atoms with Gasteiger partial charge in [0.25, 0.3) is 0 Å². The van der Waals surface area contributed by atoms with E-state index in [1.807, 2.05) is 6.07 Å².